The Hall–Kier alpha value is -0.950. The van der Waals surface area contributed by atoms with E-state index in [1.165, 1.54) is 0 Å². The van der Waals surface area contributed by atoms with Gasteiger partial charge in [-0.1, -0.05) is 6.07 Å². The van der Waals surface area contributed by atoms with Crippen molar-refractivity contribution in [1.82, 2.24) is 9.21 Å². The van der Waals surface area contributed by atoms with Crippen molar-refractivity contribution in [3.63, 3.8) is 0 Å². The molecule has 0 saturated carbocycles. The monoisotopic (exact) mass is 352 g/mol. The molecule has 2 saturated heterocycles. The van der Waals surface area contributed by atoms with Gasteiger partial charge in [0.2, 0.25) is 10.0 Å². The second kappa shape index (κ2) is 7.52. The van der Waals surface area contributed by atoms with Gasteiger partial charge in [-0.2, -0.15) is 4.31 Å². The number of benzene rings is 1. The predicted octanol–water partition coefficient (Wildman–Crippen LogP) is 2.04. The molecular weight excluding hydrogens is 324 g/mol. The molecule has 5 nitrogen and oxygen atoms in total. The number of nitrogens with zero attached hydrogens (tertiary/aromatic N) is 2. The largest absolute Gasteiger partial charge is 0.379 e. The van der Waals surface area contributed by atoms with E-state index >= 15 is 0 Å². The van der Waals surface area contributed by atoms with Crippen molar-refractivity contribution >= 4 is 10.0 Å². The summed E-state index contributed by atoms with van der Waals surface area (Å²) < 4.78 is 32.7. The van der Waals surface area contributed by atoms with E-state index in [4.69, 9.17) is 4.74 Å². The van der Waals surface area contributed by atoms with Gasteiger partial charge in [0.15, 0.2) is 0 Å². The summed E-state index contributed by atoms with van der Waals surface area (Å²) in [6, 6.07) is 5.43. The lowest BCUT2D eigenvalue weighted by atomic mass is 9.97. The summed E-state index contributed by atoms with van der Waals surface area (Å²) in [6.07, 6.45) is 1.89. The number of ether oxygens (including phenoxy) is 1. The van der Waals surface area contributed by atoms with Crippen LogP contribution in [0, 0.1) is 19.8 Å². The average Bonchev–Trinajstić information content (AvgIpc) is 2.58. The highest BCUT2D eigenvalue weighted by Gasteiger charge is 2.30. The lowest BCUT2D eigenvalue weighted by Crippen LogP contribution is -2.44. The average molecular weight is 353 g/mol. The van der Waals surface area contributed by atoms with Gasteiger partial charge in [0.1, 0.15) is 0 Å². The van der Waals surface area contributed by atoms with E-state index < -0.39 is 10.0 Å². The molecule has 0 aromatic heterocycles. The van der Waals surface area contributed by atoms with E-state index in [1.54, 1.807) is 16.4 Å². The second-order valence-corrected chi connectivity index (χ2v) is 8.94. The summed E-state index contributed by atoms with van der Waals surface area (Å²) in [5, 5.41) is 0. The minimum absolute atomic E-state index is 0.428. The summed E-state index contributed by atoms with van der Waals surface area (Å²) in [7, 11) is -3.36. The SMILES string of the molecule is Cc1ccc(S(=O)(=O)N2CCC(CN3CCOCC3)CC2)cc1C. The first-order chi connectivity index (χ1) is 11.5. The van der Waals surface area contributed by atoms with Crippen molar-refractivity contribution in [2.24, 2.45) is 5.92 Å². The molecule has 0 radical (unpaired) electrons. The topological polar surface area (TPSA) is 49.9 Å². The minimum Gasteiger partial charge on any atom is -0.379 e. The summed E-state index contributed by atoms with van der Waals surface area (Å²) in [5.41, 5.74) is 2.15. The van der Waals surface area contributed by atoms with Crippen LogP contribution in [0.25, 0.3) is 0 Å². The summed E-state index contributed by atoms with van der Waals surface area (Å²) >= 11 is 0. The van der Waals surface area contributed by atoms with Crippen LogP contribution in [0.2, 0.25) is 0 Å². The molecule has 6 heteroatoms. The maximum absolute atomic E-state index is 12.8. The van der Waals surface area contributed by atoms with Crippen LogP contribution in [0.4, 0.5) is 0 Å². The predicted molar refractivity (Wildman–Crippen MR) is 94.7 cm³/mol. The smallest absolute Gasteiger partial charge is 0.243 e. The lowest BCUT2D eigenvalue weighted by molar-refractivity contribution is 0.0269. The highest BCUT2D eigenvalue weighted by atomic mass is 32.2. The van der Waals surface area contributed by atoms with Gasteiger partial charge in [-0.25, -0.2) is 8.42 Å². The Labute approximate surface area is 145 Å². The molecule has 0 N–H and O–H groups in total. The van der Waals surface area contributed by atoms with Crippen LogP contribution in [0.15, 0.2) is 23.1 Å². The second-order valence-electron chi connectivity index (χ2n) is 7.01. The quantitative estimate of drug-likeness (QED) is 0.832. The molecule has 24 heavy (non-hydrogen) atoms. The van der Waals surface area contributed by atoms with Crippen molar-refractivity contribution in [2.45, 2.75) is 31.6 Å². The summed E-state index contributed by atoms with van der Waals surface area (Å²) in [6.45, 7) is 9.93. The molecule has 0 aliphatic carbocycles. The van der Waals surface area contributed by atoms with Crippen LogP contribution in [-0.2, 0) is 14.8 Å². The third-order valence-electron chi connectivity index (χ3n) is 5.31. The highest BCUT2D eigenvalue weighted by molar-refractivity contribution is 7.89. The van der Waals surface area contributed by atoms with Gasteiger partial charge in [-0.05, 0) is 55.9 Å². The zero-order valence-corrected chi connectivity index (χ0v) is 15.5. The standard InChI is InChI=1S/C18H28N2O3S/c1-15-3-4-18(13-16(15)2)24(21,22)20-7-5-17(6-8-20)14-19-9-11-23-12-10-19/h3-4,13,17H,5-12,14H2,1-2H3. The first-order valence-corrected chi connectivity index (χ1v) is 10.3. The molecule has 1 aromatic carbocycles. The fraction of sp³-hybridized carbons (Fsp3) is 0.667. The van der Waals surface area contributed by atoms with Crippen molar-refractivity contribution in [3.05, 3.63) is 29.3 Å². The molecule has 2 fully saturated rings. The minimum atomic E-state index is -3.36. The first-order valence-electron chi connectivity index (χ1n) is 8.84. The van der Waals surface area contributed by atoms with E-state index in [0.717, 1.165) is 56.8 Å². The van der Waals surface area contributed by atoms with Gasteiger partial charge < -0.3 is 4.74 Å². The van der Waals surface area contributed by atoms with Crippen LogP contribution in [-0.4, -0.2) is 63.6 Å². The molecule has 0 amide bonds. The van der Waals surface area contributed by atoms with Crippen molar-refractivity contribution in [2.75, 3.05) is 45.9 Å². The zero-order chi connectivity index (χ0) is 17.2. The van der Waals surface area contributed by atoms with Gasteiger partial charge in [0.05, 0.1) is 18.1 Å². The number of hydrogen-bond acceptors (Lipinski definition) is 4. The fourth-order valence-electron chi connectivity index (χ4n) is 3.50. The molecular formula is C18H28N2O3S. The Morgan fingerprint density at radius 2 is 1.71 bits per heavy atom. The maximum atomic E-state index is 12.8. The van der Waals surface area contributed by atoms with Gasteiger partial charge >= 0.3 is 0 Å². The van der Waals surface area contributed by atoms with Crippen LogP contribution >= 0.6 is 0 Å². The number of rotatable bonds is 4. The van der Waals surface area contributed by atoms with Crippen LogP contribution < -0.4 is 0 Å². The molecule has 3 rings (SSSR count). The van der Waals surface area contributed by atoms with E-state index in [0.29, 0.717) is 23.9 Å². The molecule has 2 aliphatic heterocycles. The summed E-state index contributed by atoms with van der Waals surface area (Å²) in [4.78, 5) is 2.87. The van der Waals surface area contributed by atoms with E-state index in [1.807, 2.05) is 19.9 Å². The molecule has 2 heterocycles. The first kappa shape index (κ1) is 17.9. The number of morpholine rings is 1. The van der Waals surface area contributed by atoms with Crippen molar-refractivity contribution in [1.29, 1.82) is 0 Å². The molecule has 0 bridgehead atoms. The molecule has 0 spiro atoms. The molecule has 0 unspecified atom stereocenters. The maximum Gasteiger partial charge on any atom is 0.243 e. The van der Waals surface area contributed by atoms with E-state index in [2.05, 4.69) is 4.90 Å². The Balaban J connectivity index is 1.59. The summed E-state index contributed by atoms with van der Waals surface area (Å²) in [5.74, 6) is 0.592. The van der Waals surface area contributed by atoms with Crippen LogP contribution in [0.1, 0.15) is 24.0 Å². The Morgan fingerprint density at radius 3 is 2.33 bits per heavy atom. The van der Waals surface area contributed by atoms with Crippen molar-refractivity contribution < 1.29 is 13.2 Å². The molecule has 0 atom stereocenters. The van der Waals surface area contributed by atoms with E-state index in [9.17, 15) is 8.42 Å². The van der Waals surface area contributed by atoms with Gasteiger partial charge in [0, 0.05) is 32.7 Å². The number of piperidine rings is 1. The van der Waals surface area contributed by atoms with Gasteiger partial charge in [-0.3, -0.25) is 4.90 Å². The Morgan fingerprint density at radius 1 is 1.04 bits per heavy atom. The third kappa shape index (κ3) is 3.99. The molecule has 134 valence electrons. The van der Waals surface area contributed by atoms with Crippen LogP contribution in [0.5, 0.6) is 0 Å². The molecule has 2 aliphatic rings. The molecule has 1 aromatic rings. The van der Waals surface area contributed by atoms with Gasteiger partial charge in [-0.15, -0.1) is 0 Å². The van der Waals surface area contributed by atoms with Crippen molar-refractivity contribution in [3.8, 4) is 0 Å². The third-order valence-corrected chi connectivity index (χ3v) is 7.20. The highest BCUT2D eigenvalue weighted by Crippen LogP contribution is 2.25. The Bertz CT molecular complexity index is 661. The zero-order valence-electron chi connectivity index (χ0n) is 14.7. The van der Waals surface area contributed by atoms with Crippen LogP contribution in [0.3, 0.4) is 0 Å². The normalized spacial score (nSPS) is 21.9. The lowest BCUT2D eigenvalue weighted by Gasteiger charge is -2.35. The number of aryl methyl sites for hydroxylation is 2. The van der Waals surface area contributed by atoms with Gasteiger partial charge in [0.25, 0.3) is 0 Å². The Kier molecular flexibility index (Phi) is 5.59. The van der Waals surface area contributed by atoms with E-state index in [-0.39, 0.29) is 0 Å². The number of hydrogen-bond donors (Lipinski definition) is 0. The fourth-order valence-corrected chi connectivity index (χ4v) is 5.06. The number of sulfonamides is 1.